The first kappa shape index (κ1) is 21.2. The summed E-state index contributed by atoms with van der Waals surface area (Å²) in [6.45, 7) is 4.22. The van der Waals surface area contributed by atoms with Gasteiger partial charge in [-0.2, -0.15) is 0 Å². The van der Waals surface area contributed by atoms with E-state index in [4.69, 9.17) is 23.7 Å². The van der Waals surface area contributed by atoms with Crippen LogP contribution >= 0.6 is 0 Å². The first-order chi connectivity index (χ1) is 11.2. The average Bonchev–Trinajstić information content (AvgIpc) is 3.38. The van der Waals surface area contributed by atoms with Crippen LogP contribution in [0.3, 0.4) is 0 Å². The highest BCUT2D eigenvalue weighted by molar-refractivity contribution is 6.36. The minimum absolute atomic E-state index is 0.0450. The number of hydrogen-bond donors (Lipinski definition) is 0. The Kier molecular flexibility index (Phi) is 12.4. The third kappa shape index (κ3) is 10.6. The van der Waals surface area contributed by atoms with E-state index in [1.165, 1.54) is 12.8 Å². The maximum absolute atomic E-state index is 5.38. The highest BCUT2D eigenvalue weighted by atomic mass is 28.2. The molecular formula is C15H31NO5Si2. The molecule has 0 aromatic rings. The molecule has 0 saturated carbocycles. The maximum Gasteiger partial charge on any atom is 0.136 e. The van der Waals surface area contributed by atoms with E-state index >= 15 is 0 Å². The predicted molar refractivity (Wildman–Crippen MR) is 92.1 cm³/mol. The van der Waals surface area contributed by atoms with Gasteiger partial charge in [-0.1, -0.05) is 12.1 Å². The van der Waals surface area contributed by atoms with Crippen LogP contribution in [-0.2, 0) is 23.7 Å². The Morgan fingerprint density at radius 3 is 1.70 bits per heavy atom. The molecular weight excluding hydrogens is 330 g/mol. The zero-order valence-electron chi connectivity index (χ0n) is 14.9. The molecule has 1 unspecified atom stereocenters. The third-order valence-corrected chi connectivity index (χ3v) is 6.54. The molecule has 1 saturated heterocycles. The normalized spacial score (nSPS) is 17.6. The van der Waals surface area contributed by atoms with Gasteiger partial charge < -0.3 is 28.6 Å². The van der Waals surface area contributed by atoms with Gasteiger partial charge in [0.15, 0.2) is 0 Å². The van der Waals surface area contributed by atoms with E-state index < -0.39 is 0 Å². The molecule has 134 valence electrons. The van der Waals surface area contributed by atoms with Crippen molar-refractivity contribution in [1.82, 2.24) is 4.90 Å². The minimum atomic E-state index is -0.0450. The molecule has 1 atom stereocenters. The van der Waals surface area contributed by atoms with Crippen LogP contribution in [0.5, 0.6) is 0 Å². The number of nitrogens with zero attached hydrogens (tertiary/aromatic N) is 1. The van der Waals surface area contributed by atoms with Crippen LogP contribution in [0.1, 0.15) is 12.8 Å². The molecule has 0 amide bonds. The molecule has 1 rings (SSSR count). The van der Waals surface area contributed by atoms with Gasteiger partial charge in [-0.25, -0.2) is 0 Å². The number of rotatable bonds is 16. The Morgan fingerprint density at radius 1 is 0.913 bits per heavy atom. The van der Waals surface area contributed by atoms with E-state index in [0.29, 0.717) is 25.1 Å². The van der Waals surface area contributed by atoms with Gasteiger partial charge in [-0.15, -0.1) is 0 Å². The second kappa shape index (κ2) is 13.5. The van der Waals surface area contributed by atoms with Crippen LogP contribution in [-0.4, -0.2) is 96.6 Å². The molecule has 8 heteroatoms. The summed E-state index contributed by atoms with van der Waals surface area (Å²) in [4.78, 5) is 2.52. The third-order valence-electron chi connectivity index (χ3n) is 3.64. The van der Waals surface area contributed by atoms with Crippen LogP contribution < -0.4 is 0 Å². The standard InChI is InChI=1S/C15H31NO5Si2/c1-17-14(18-2)22-9-5-7-16(11-13-12-21-13)8-6-10-23-15(19-3)20-4/h13-15H,5-12H2,1-4H3. The molecule has 4 radical (unpaired) electrons. The largest absolute Gasteiger partial charge is 0.372 e. The van der Waals surface area contributed by atoms with E-state index in [1.54, 1.807) is 28.4 Å². The monoisotopic (exact) mass is 361 g/mol. The molecule has 0 aliphatic carbocycles. The van der Waals surface area contributed by atoms with E-state index in [2.05, 4.69) is 4.90 Å². The topological polar surface area (TPSA) is 52.7 Å². The maximum atomic E-state index is 5.38. The first-order valence-corrected chi connectivity index (χ1v) is 10.7. The molecule has 6 nitrogen and oxygen atoms in total. The summed E-state index contributed by atoms with van der Waals surface area (Å²) in [5, 5.41) is 0. The van der Waals surface area contributed by atoms with E-state index in [-0.39, 0.29) is 11.8 Å². The van der Waals surface area contributed by atoms with Crippen molar-refractivity contribution < 1.29 is 23.7 Å². The number of ether oxygens (including phenoxy) is 5. The number of hydrogen-bond acceptors (Lipinski definition) is 6. The van der Waals surface area contributed by atoms with Crippen molar-refractivity contribution in [2.24, 2.45) is 0 Å². The predicted octanol–water partition coefficient (Wildman–Crippen LogP) is 0.865. The first-order valence-electron chi connectivity index (χ1n) is 8.15. The highest BCUT2D eigenvalue weighted by Gasteiger charge is 2.25. The zero-order chi connectivity index (χ0) is 16.9. The van der Waals surface area contributed by atoms with Gasteiger partial charge in [0, 0.05) is 35.0 Å². The number of epoxide rings is 1. The minimum Gasteiger partial charge on any atom is -0.372 e. The lowest BCUT2D eigenvalue weighted by molar-refractivity contribution is -0.0442. The zero-order valence-corrected chi connectivity index (χ0v) is 16.9. The van der Waals surface area contributed by atoms with E-state index in [9.17, 15) is 0 Å². The Morgan fingerprint density at radius 2 is 1.35 bits per heavy atom. The Labute approximate surface area is 145 Å². The summed E-state index contributed by atoms with van der Waals surface area (Å²) in [7, 11) is 8.20. The lowest BCUT2D eigenvalue weighted by Gasteiger charge is -2.22. The van der Waals surface area contributed by atoms with E-state index in [0.717, 1.165) is 38.3 Å². The quantitative estimate of drug-likeness (QED) is 0.176. The van der Waals surface area contributed by atoms with Crippen LogP contribution in [0.4, 0.5) is 0 Å². The lowest BCUT2D eigenvalue weighted by atomic mass is 10.3. The molecule has 0 N–H and O–H groups in total. The van der Waals surface area contributed by atoms with Gasteiger partial charge in [0.2, 0.25) is 0 Å². The fraction of sp³-hybridized carbons (Fsp3) is 1.00. The van der Waals surface area contributed by atoms with Crippen molar-refractivity contribution in [2.45, 2.75) is 42.9 Å². The molecule has 1 heterocycles. The molecule has 0 aromatic heterocycles. The van der Waals surface area contributed by atoms with Gasteiger partial charge in [-0.3, -0.25) is 0 Å². The summed E-state index contributed by atoms with van der Waals surface area (Å²) < 4.78 is 26.3. The molecule has 0 bridgehead atoms. The highest BCUT2D eigenvalue weighted by Crippen LogP contribution is 2.12. The molecule has 0 spiro atoms. The average molecular weight is 362 g/mol. The van der Waals surface area contributed by atoms with Crippen LogP contribution in [0.2, 0.25) is 12.1 Å². The van der Waals surface area contributed by atoms with Crippen molar-refractivity contribution >= 4 is 19.0 Å². The summed E-state index contributed by atoms with van der Waals surface area (Å²) in [6, 6.07) is 2.29. The van der Waals surface area contributed by atoms with Crippen molar-refractivity contribution in [2.75, 3.05) is 54.7 Å². The summed E-state index contributed by atoms with van der Waals surface area (Å²) in [5.41, 5.74) is 0. The van der Waals surface area contributed by atoms with E-state index in [1.807, 2.05) is 0 Å². The van der Waals surface area contributed by atoms with Gasteiger partial charge in [-0.05, 0) is 25.9 Å². The molecule has 1 aliphatic rings. The fourth-order valence-corrected chi connectivity index (χ4v) is 4.19. The number of methoxy groups -OCH3 is 4. The fourth-order valence-electron chi connectivity index (χ4n) is 2.33. The smallest absolute Gasteiger partial charge is 0.136 e. The second-order valence-electron chi connectivity index (χ2n) is 5.48. The SMILES string of the molecule is COC(OC)[Si]CCCN(CCC[Si]C(OC)OC)CC1CO1. The summed E-state index contributed by atoms with van der Waals surface area (Å²) in [5.74, 6) is -0.0899. The van der Waals surface area contributed by atoms with Crippen LogP contribution in [0.25, 0.3) is 0 Å². The Bertz CT molecular complexity index is 257. The van der Waals surface area contributed by atoms with Crippen molar-refractivity contribution in [1.29, 1.82) is 0 Å². The second-order valence-corrected chi connectivity index (χ2v) is 8.24. The Balaban J connectivity index is 2.13. The van der Waals surface area contributed by atoms with Gasteiger partial charge in [0.05, 0.1) is 12.7 Å². The molecule has 1 fully saturated rings. The van der Waals surface area contributed by atoms with Gasteiger partial charge in [0.25, 0.3) is 0 Å². The van der Waals surface area contributed by atoms with Gasteiger partial charge >= 0.3 is 0 Å². The summed E-state index contributed by atoms with van der Waals surface area (Å²) >= 11 is 0. The molecule has 23 heavy (non-hydrogen) atoms. The van der Waals surface area contributed by atoms with Crippen LogP contribution in [0.15, 0.2) is 0 Å². The van der Waals surface area contributed by atoms with Crippen LogP contribution in [0, 0.1) is 0 Å². The Hall–Kier alpha value is 0.194. The molecule has 1 aliphatic heterocycles. The lowest BCUT2D eigenvalue weighted by Crippen LogP contribution is -2.31. The van der Waals surface area contributed by atoms with Crippen molar-refractivity contribution in [3.63, 3.8) is 0 Å². The summed E-state index contributed by atoms with van der Waals surface area (Å²) in [6.07, 6.45) is 2.81. The van der Waals surface area contributed by atoms with Gasteiger partial charge in [0.1, 0.15) is 30.9 Å². The van der Waals surface area contributed by atoms with Crippen molar-refractivity contribution in [3.05, 3.63) is 0 Å². The van der Waals surface area contributed by atoms with Crippen molar-refractivity contribution in [3.8, 4) is 0 Å². The molecule has 0 aromatic carbocycles.